The topological polar surface area (TPSA) is 72.6 Å². The normalized spacial score (nSPS) is 9.55. The first-order valence-electron chi connectivity index (χ1n) is 3.08. The van der Waals surface area contributed by atoms with E-state index in [-0.39, 0.29) is 5.88 Å². The van der Waals surface area contributed by atoms with Gasteiger partial charge in [-0.3, -0.25) is 0 Å². The molecule has 0 aromatic carbocycles. The summed E-state index contributed by atoms with van der Waals surface area (Å²) in [6.45, 7) is 1.87. The highest BCUT2D eigenvalue weighted by molar-refractivity contribution is 5.60. The van der Waals surface area contributed by atoms with Crippen LogP contribution >= 0.6 is 0 Å². The molecule has 0 aliphatic carbocycles. The fourth-order valence-electron chi connectivity index (χ4n) is 0.598. The molecule has 5 nitrogen and oxygen atoms in total. The van der Waals surface area contributed by atoms with E-state index in [4.69, 9.17) is 5.11 Å². The Morgan fingerprint density at radius 1 is 1.91 bits per heavy atom. The first kappa shape index (κ1) is 7.59. The van der Waals surface area contributed by atoms with Crippen LogP contribution < -0.4 is 4.74 Å². The van der Waals surface area contributed by atoms with Crippen LogP contribution in [0, 0.1) is 0 Å². The van der Waals surface area contributed by atoms with Crippen molar-refractivity contribution in [1.82, 2.24) is 5.16 Å². The van der Waals surface area contributed by atoms with Gasteiger partial charge in [0.15, 0.2) is 0 Å². The minimum Gasteiger partial charge on any atom is -0.449 e. The van der Waals surface area contributed by atoms with E-state index in [2.05, 4.69) is 14.4 Å². The number of hydrogen-bond donors (Lipinski definition) is 1. The first-order chi connectivity index (χ1) is 5.22. The number of ether oxygens (including phenoxy) is 1. The molecule has 0 atom stereocenters. The number of aryl methyl sites for hydroxylation is 1. The third kappa shape index (κ3) is 1.96. The third-order valence-corrected chi connectivity index (χ3v) is 1.08. The van der Waals surface area contributed by atoms with Crippen molar-refractivity contribution in [3.05, 3.63) is 11.8 Å². The van der Waals surface area contributed by atoms with Crippen LogP contribution in [-0.4, -0.2) is 16.4 Å². The molecule has 60 valence electrons. The summed E-state index contributed by atoms with van der Waals surface area (Å²) >= 11 is 0. The summed E-state index contributed by atoms with van der Waals surface area (Å²) in [5, 5.41) is 11.5. The van der Waals surface area contributed by atoms with Crippen molar-refractivity contribution in [2.45, 2.75) is 13.3 Å². The number of aromatic nitrogens is 1. The van der Waals surface area contributed by atoms with Gasteiger partial charge in [-0.2, -0.15) is 0 Å². The first-order valence-corrected chi connectivity index (χ1v) is 3.08. The summed E-state index contributed by atoms with van der Waals surface area (Å²) in [5.41, 5.74) is 0. The van der Waals surface area contributed by atoms with E-state index in [9.17, 15) is 4.79 Å². The van der Waals surface area contributed by atoms with Gasteiger partial charge in [0.2, 0.25) is 0 Å². The maximum atomic E-state index is 9.96. The van der Waals surface area contributed by atoms with Crippen molar-refractivity contribution in [2.24, 2.45) is 0 Å². The monoisotopic (exact) mass is 157 g/mol. The molecule has 0 bridgehead atoms. The minimum absolute atomic E-state index is 0.0191. The second kappa shape index (κ2) is 3.05. The fraction of sp³-hybridized carbons (Fsp3) is 0.333. The smallest absolute Gasteiger partial charge is 0.449 e. The molecule has 0 aliphatic heterocycles. The van der Waals surface area contributed by atoms with Gasteiger partial charge < -0.3 is 14.4 Å². The van der Waals surface area contributed by atoms with Gasteiger partial charge in [0.25, 0.3) is 5.88 Å². The van der Waals surface area contributed by atoms with E-state index in [1.165, 1.54) is 6.07 Å². The van der Waals surface area contributed by atoms with Gasteiger partial charge in [-0.1, -0.05) is 6.92 Å². The predicted molar refractivity (Wildman–Crippen MR) is 34.5 cm³/mol. The Morgan fingerprint density at radius 2 is 2.64 bits per heavy atom. The second-order valence-corrected chi connectivity index (χ2v) is 1.85. The lowest BCUT2D eigenvalue weighted by Gasteiger charge is -1.87. The zero-order chi connectivity index (χ0) is 8.27. The molecule has 0 spiro atoms. The van der Waals surface area contributed by atoms with E-state index in [1.807, 2.05) is 6.92 Å². The Balaban J connectivity index is 2.65. The molecule has 0 unspecified atom stereocenters. The van der Waals surface area contributed by atoms with Gasteiger partial charge in [0.1, 0.15) is 5.76 Å². The molecule has 1 heterocycles. The molecule has 1 rings (SSSR count). The van der Waals surface area contributed by atoms with Crippen molar-refractivity contribution >= 4 is 6.16 Å². The standard InChI is InChI=1S/C6H7NO4/c1-2-4-3-5(7-11-4)10-6(8)9/h3H,2H2,1H3,(H,8,9). The summed E-state index contributed by atoms with van der Waals surface area (Å²) in [4.78, 5) is 9.96. The minimum atomic E-state index is -1.39. The van der Waals surface area contributed by atoms with Gasteiger partial charge in [0.05, 0.1) is 0 Å². The van der Waals surface area contributed by atoms with Crippen LogP contribution in [0.15, 0.2) is 10.6 Å². The Morgan fingerprint density at radius 3 is 3.09 bits per heavy atom. The van der Waals surface area contributed by atoms with Crippen LogP contribution in [0.3, 0.4) is 0 Å². The SMILES string of the molecule is CCc1cc(OC(=O)O)no1. The van der Waals surface area contributed by atoms with Crippen LogP contribution in [0.25, 0.3) is 0 Å². The number of carbonyl (C=O) groups is 1. The average Bonchev–Trinajstić information content (AvgIpc) is 2.34. The highest BCUT2D eigenvalue weighted by Gasteiger charge is 2.06. The third-order valence-electron chi connectivity index (χ3n) is 1.08. The molecule has 1 aromatic rings. The average molecular weight is 157 g/mol. The molecule has 0 amide bonds. The zero-order valence-electron chi connectivity index (χ0n) is 5.90. The van der Waals surface area contributed by atoms with Crippen LogP contribution in [0.4, 0.5) is 4.79 Å². The highest BCUT2D eigenvalue weighted by atomic mass is 16.7. The van der Waals surface area contributed by atoms with Crippen molar-refractivity contribution in [3.63, 3.8) is 0 Å². The van der Waals surface area contributed by atoms with Gasteiger partial charge in [-0.25, -0.2) is 4.79 Å². The maximum Gasteiger partial charge on any atom is 0.512 e. The van der Waals surface area contributed by atoms with Crippen molar-refractivity contribution in [1.29, 1.82) is 0 Å². The summed E-state index contributed by atoms with van der Waals surface area (Å²) < 4.78 is 8.88. The molecule has 0 saturated heterocycles. The van der Waals surface area contributed by atoms with Crippen LogP contribution in [-0.2, 0) is 6.42 Å². The van der Waals surface area contributed by atoms with Crippen LogP contribution in [0.5, 0.6) is 5.88 Å². The molecular weight excluding hydrogens is 150 g/mol. The summed E-state index contributed by atoms with van der Waals surface area (Å²) in [5.74, 6) is 0.579. The summed E-state index contributed by atoms with van der Waals surface area (Å²) in [6, 6.07) is 1.44. The van der Waals surface area contributed by atoms with Crippen LogP contribution in [0.2, 0.25) is 0 Å². The lowest BCUT2D eigenvalue weighted by atomic mass is 10.4. The van der Waals surface area contributed by atoms with E-state index in [0.717, 1.165) is 0 Å². The molecule has 5 heteroatoms. The lowest BCUT2D eigenvalue weighted by Crippen LogP contribution is -2.02. The molecule has 0 aliphatic rings. The second-order valence-electron chi connectivity index (χ2n) is 1.85. The molecule has 0 saturated carbocycles. The number of carboxylic acid groups (broad SMARTS) is 1. The van der Waals surface area contributed by atoms with Gasteiger partial charge in [0, 0.05) is 12.5 Å². The van der Waals surface area contributed by atoms with Crippen LogP contribution in [0.1, 0.15) is 12.7 Å². The molecule has 0 radical (unpaired) electrons. The van der Waals surface area contributed by atoms with Gasteiger partial charge in [-0.15, -0.1) is 0 Å². The molecule has 1 N–H and O–H groups in total. The molecule has 1 aromatic heterocycles. The van der Waals surface area contributed by atoms with Crippen molar-refractivity contribution < 1.29 is 19.2 Å². The largest absolute Gasteiger partial charge is 0.512 e. The number of nitrogens with zero attached hydrogens (tertiary/aromatic N) is 1. The maximum absolute atomic E-state index is 9.96. The quantitative estimate of drug-likeness (QED) is 0.655. The highest BCUT2D eigenvalue weighted by Crippen LogP contribution is 2.11. The zero-order valence-corrected chi connectivity index (χ0v) is 5.90. The van der Waals surface area contributed by atoms with Gasteiger partial charge in [-0.05, 0) is 5.16 Å². The predicted octanol–water partition coefficient (Wildman–Crippen LogP) is 1.29. The van der Waals surface area contributed by atoms with Crippen molar-refractivity contribution in [2.75, 3.05) is 0 Å². The summed E-state index contributed by atoms with van der Waals surface area (Å²) in [7, 11) is 0. The Bertz CT molecular complexity index is 255. The van der Waals surface area contributed by atoms with E-state index in [1.54, 1.807) is 0 Å². The lowest BCUT2D eigenvalue weighted by molar-refractivity contribution is 0.140. The Kier molecular flexibility index (Phi) is 2.10. The Labute approximate surface area is 62.6 Å². The van der Waals surface area contributed by atoms with Crippen molar-refractivity contribution in [3.8, 4) is 5.88 Å². The van der Waals surface area contributed by atoms with Gasteiger partial charge >= 0.3 is 6.16 Å². The Hall–Kier alpha value is -1.52. The molecule has 11 heavy (non-hydrogen) atoms. The molecule has 0 fully saturated rings. The molecular formula is C6H7NO4. The van der Waals surface area contributed by atoms with E-state index in [0.29, 0.717) is 12.2 Å². The number of hydrogen-bond acceptors (Lipinski definition) is 4. The number of rotatable bonds is 2. The van der Waals surface area contributed by atoms with E-state index >= 15 is 0 Å². The fourth-order valence-corrected chi connectivity index (χ4v) is 0.598. The summed E-state index contributed by atoms with van der Waals surface area (Å²) in [6.07, 6.45) is -0.725. The van der Waals surface area contributed by atoms with E-state index < -0.39 is 6.16 Å².